The maximum Gasteiger partial charge on any atom is 0.264 e. The third-order valence-electron chi connectivity index (χ3n) is 3.20. The fourth-order valence-corrected chi connectivity index (χ4v) is 2.79. The molecule has 0 aliphatic heterocycles. The number of aryl methyl sites for hydroxylation is 2. The summed E-state index contributed by atoms with van der Waals surface area (Å²) in [5.74, 6) is -0.0502. The minimum absolute atomic E-state index is 0.0519. The number of ether oxygens (including phenoxy) is 1. The second-order valence-electron chi connectivity index (χ2n) is 5.34. The Morgan fingerprint density at radius 3 is 2.64 bits per heavy atom. The number of amides is 1. The first-order valence-corrected chi connectivity index (χ1v) is 8.41. The minimum atomic E-state index is -0.465. The van der Waals surface area contributed by atoms with Crippen LogP contribution in [0.5, 0.6) is 11.5 Å². The quantitative estimate of drug-likeness (QED) is 0.531. The van der Waals surface area contributed by atoms with E-state index in [-0.39, 0.29) is 17.5 Å². The van der Waals surface area contributed by atoms with Crippen LogP contribution < -0.4 is 15.4 Å². The van der Waals surface area contributed by atoms with Gasteiger partial charge in [-0.1, -0.05) is 29.3 Å². The Hall–Kier alpha value is -2.02. The summed E-state index contributed by atoms with van der Waals surface area (Å²) in [5, 5.41) is 16.1. The molecule has 3 N–H and O–H groups in total. The van der Waals surface area contributed by atoms with Gasteiger partial charge in [0.05, 0.1) is 10.7 Å². The lowest BCUT2D eigenvalue weighted by atomic mass is 10.1. The zero-order valence-electron chi connectivity index (χ0n) is 13.5. The first kappa shape index (κ1) is 19.3. The van der Waals surface area contributed by atoms with Crippen molar-refractivity contribution in [3.8, 4) is 11.5 Å². The highest BCUT2D eigenvalue weighted by Crippen LogP contribution is 2.29. The summed E-state index contributed by atoms with van der Waals surface area (Å²) < 4.78 is 5.33. The van der Waals surface area contributed by atoms with Crippen molar-refractivity contribution in [1.82, 2.24) is 5.32 Å². The fraction of sp³-hybridized carbons (Fsp3) is 0.176. The van der Waals surface area contributed by atoms with Gasteiger partial charge >= 0.3 is 0 Å². The van der Waals surface area contributed by atoms with E-state index in [1.807, 2.05) is 13.0 Å². The molecule has 0 bridgehead atoms. The van der Waals surface area contributed by atoms with Crippen LogP contribution in [0.4, 0.5) is 5.69 Å². The molecule has 132 valence electrons. The summed E-state index contributed by atoms with van der Waals surface area (Å²) in [6, 6.07) is 8.26. The second kappa shape index (κ2) is 8.38. The molecule has 8 heteroatoms. The van der Waals surface area contributed by atoms with Gasteiger partial charge in [-0.25, -0.2) is 0 Å². The molecule has 0 aliphatic carbocycles. The Labute approximate surface area is 160 Å². The standard InChI is InChI=1S/C17H16Cl2N2O3S/c1-9-5-10(2)16(23)13(6-9)20-17(25)21-15(22)8-24-14-4-3-11(18)7-12(14)19/h3-7,23H,8H2,1-2H3,(H2,20,21,22,25). The van der Waals surface area contributed by atoms with E-state index in [1.165, 1.54) is 6.07 Å². The molecule has 2 rings (SSSR count). The second-order valence-corrected chi connectivity index (χ2v) is 6.60. The zero-order chi connectivity index (χ0) is 18.6. The number of halogens is 2. The third-order valence-corrected chi connectivity index (χ3v) is 3.93. The molecule has 0 atom stereocenters. The van der Waals surface area contributed by atoms with Crippen LogP contribution in [0.1, 0.15) is 11.1 Å². The molecular formula is C17H16Cl2N2O3S. The van der Waals surface area contributed by atoms with E-state index >= 15 is 0 Å². The van der Waals surface area contributed by atoms with Crippen molar-refractivity contribution >= 4 is 52.1 Å². The molecule has 0 aliphatic rings. The highest BCUT2D eigenvalue weighted by molar-refractivity contribution is 7.80. The number of phenolic OH excluding ortho intramolecular Hbond substituents is 1. The van der Waals surface area contributed by atoms with Gasteiger partial charge in [0.1, 0.15) is 11.5 Å². The summed E-state index contributed by atoms with van der Waals surface area (Å²) in [4.78, 5) is 11.9. The fourth-order valence-electron chi connectivity index (χ4n) is 2.11. The molecule has 0 fully saturated rings. The number of carbonyl (C=O) groups is 1. The summed E-state index contributed by atoms with van der Waals surface area (Å²) in [6.07, 6.45) is 0. The number of carbonyl (C=O) groups excluding carboxylic acids is 1. The van der Waals surface area contributed by atoms with Crippen molar-refractivity contribution < 1.29 is 14.6 Å². The van der Waals surface area contributed by atoms with E-state index in [4.69, 9.17) is 40.2 Å². The lowest BCUT2D eigenvalue weighted by molar-refractivity contribution is -0.121. The number of hydrogen-bond acceptors (Lipinski definition) is 4. The molecule has 5 nitrogen and oxygen atoms in total. The van der Waals surface area contributed by atoms with Gasteiger partial charge in [-0.3, -0.25) is 10.1 Å². The molecule has 2 aromatic rings. The normalized spacial score (nSPS) is 10.2. The molecule has 0 spiro atoms. The highest BCUT2D eigenvalue weighted by Gasteiger charge is 2.11. The maximum atomic E-state index is 11.9. The largest absolute Gasteiger partial charge is 0.505 e. The molecule has 0 aromatic heterocycles. The number of benzene rings is 2. The van der Waals surface area contributed by atoms with Gasteiger partial charge in [0, 0.05) is 5.02 Å². The van der Waals surface area contributed by atoms with Gasteiger partial charge in [-0.05, 0) is 61.5 Å². The van der Waals surface area contributed by atoms with Crippen LogP contribution in [0.15, 0.2) is 30.3 Å². The van der Waals surface area contributed by atoms with E-state index in [1.54, 1.807) is 25.1 Å². The summed E-state index contributed by atoms with van der Waals surface area (Å²) in [5.41, 5.74) is 2.08. The topological polar surface area (TPSA) is 70.6 Å². The summed E-state index contributed by atoms with van der Waals surface area (Å²) in [7, 11) is 0. The molecule has 2 aromatic carbocycles. The molecule has 1 amide bonds. The van der Waals surface area contributed by atoms with Gasteiger partial charge in [0.2, 0.25) is 0 Å². The van der Waals surface area contributed by atoms with Crippen LogP contribution in [0, 0.1) is 13.8 Å². The molecule has 0 saturated carbocycles. The van der Waals surface area contributed by atoms with E-state index < -0.39 is 5.91 Å². The Balaban J connectivity index is 1.91. The highest BCUT2D eigenvalue weighted by atomic mass is 35.5. The van der Waals surface area contributed by atoms with Crippen molar-refractivity contribution in [3.05, 3.63) is 51.5 Å². The third kappa shape index (κ3) is 5.49. The number of rotatable bonds is 4. The Kier molecular flexibility index (Phi) is 6.47. The van der Waals surface area contributed by atoms with Crippen LogP contribution in [-0.2, 0) is 4.79 Å². The van der Waals surface area contributed by atoms with Crippen LogP contribution in [0.2, 0.25) is 10.0 Å². The molecule has 0 radical (unpaired) electrons. The first-order chi connectivity index (χ1) is 11.8. The average molecular weight is 399 g/mol. The Morgan fingerprint density at radius 2 is 1.96 bits per heavy atom. The molecule has 0 saturated heterocycles. The van der Waals surface area contributed by atoms with Crippen LogP contribution in [-0.4, -0.2) is 22.7 Å². The lowest BCUT2D eigenvalue weighted by Gasteiger charge is -2.13. The number of hydrogen-bond donors (Lipinski definition) is 3. The zero-order valence-corrected chi connectivity index (χ0v) is 15.9. The van der Waals surface area contributed by atoms with Crippen molar-refractivity contribution in [3.63, 3.8) is 0 Å². The Bertz CT molecular complexity index is 828. The van der Waals surface area contributed by atoms with Gasteiger partial charge in [0.25, 0.3) is 5.91 Å². The number of thiocarbonyl (C=S) groups is 1. The van der Waals surface area contributed by atoms with E-state index in [9.17, 15) is 9.90 Å². The van der Waals surface area contributed by atoms with E-state index in [0.29, 0.717) is 27.0 Å². The number of anilines is 1. The smallest absolute Gasteiger partial charge is 0.264 e. The minimum Gasteiger partial charge on any atom is -0.505 e. The SMILES string of the molecule is Cc1cc(C)c(O)c(NC(=S)NC(=O)COc2ccc(Cl)cc2Cl)c1. The average Bonchev–Trinajstić information content (AvgIpc) is 2.51. The van der Waals surface area contributed by atoms with Crippen LogP contribution >= 0.6 is 35.4 Å². The van der Waals surface area contributed by atoms with E-state index in [0.717, 1.165) is 5.56 Å². The number of aromatic hydroxyl groups is 1. The van der Waals surface area contributed by atoms with Gasteiger partial charge < -0.3 is 15.2 Å². The van der Waals surface area contributed by atoms with Gasteiger partial charge in [0.15, 0.2) is 11.7 Å². The summed E-state index contributed by atoms with van der Waals surface area (Å²) in [6.45, 7) is 3.39. The molecular weight excluding hydrogens is 383 g/mol. The first-order valence-electron chi connectivity index (χ1n) is 7.25. The molecule has 0 heterocycles. The predicted octanol–water partition coefficient (Wildman–Crippen LogP) is 4.21. The van der Waals surface area contributed by atoms with Gasteiger partial charge in [-0.2, -0.15) is 0 Å². The predicted molar refractivity (Wildman–Crippen MR) is 104 cm³/mol. The van der Waals surface area contributed by atoms with E-state index in [2.05, 4.69) is 10.6 Å². The molecule has 0 unspecified atom stereocenters. The lowest BCUT2D eigenvalue weighted by Crippen LogP contribution is -2.37. The van der Waals surface area contributed by atoms with Crippen molar-refractivity contribution in [2.24, 2.45) is 0 Å². The van der Waals surface area contributed by atoms with Crippen molar-refractivity contribution in [2.75, 3.05) is 11.9 Å². The maximum absolute atomic E-state index is 11.9. The van der Waals surface area contributed by atoms with Crippen LogP contribution in [0.25, 0.3) is 0 Å². The van der Waals surface area contributed by atoms with Gasteiger partial charge in [-0.15, -0.1) is 0 Å². The van der Waals surface area contributed by atoms with Crippen molar-refractivity contribution in [2.45, 2.75) is 13.8 Å². The monoisotopic (exact) mass is 398 g/mol. The molecule has 25 heavy (non-hydrogen) atoms. The summed E-state index contributed by atoms with van der Waals surface area (Å²) >= 11 is 16.8. The Morgan fingerprint density at radius 1 is 1.24 bits per heavy atom. The number of nitrogens with one attached hydrogen (secondary N) is 2. The number of phenols is 1. The van der Waals surface area contributed by atoms with Crippen molar-refractivity contribution in [1.29, 1.82) is 0 Å². The van der Waals surface area contributed by atoms with Crippen LogP contribution in [0.3, 0.4) is 0 Å².